The van der Waals surface area contributed by atoms with E-state index in [4.69, 9.17) is 5.11 Å². The summed E-state index contributed by atoms with van der Waals surface area (Å²) in [6, 6.07) is 5.82. The Morgan fingerprint density at radius 3 is 3.00 bits per heavy atom. The van der Waals surface area contributed by atoms with Crippen molar-refractivity contribution in [1.29, 1.82) is 0 Å². The Bertz CT molecular complexity index is 773. The van der Waals surface area contributed by atoms with Gasteiger partial charge in [-0.05, 0) is 24.3 Å². The Morgan fingerprint density at radius 1 is 1.32 bits per heavy atom. The molecule has 0 aromatic carbocycles. The van der Waals surface area contributed by atoms with Crippen LogP contribution in [0, 0.1) is 0 Å². The van der Waals surface area contributed by atoms with E-state index in [1.807, 2.05) is 30.5 Å². The summed E-state index contributed by atoms with van der Waals surface area (Å²) >= 11 is 1.14. The van der Waals surface area contributed by atoms with Gasteiger partial charge in [0.2, 0.25) is 0 Å². The second kappa shape index (κ2) is 4.66. The maximum Gasteiger partial charge on any atom is 0.347 e. The third-order valence-electron chi connectivity index (χ3n) is 2.60. The monoisotopic (exact) mass is 271 g/mol. The van der Waals surface area contributed by atoms with Gasteiger partial charge in [-0.1, -0.05) is 6.07 Å². The first-order chi connectivity index (χ1) is 9.24. The zero-order valence-corrected chi connectivity index (χ0v) is 10.5. The summed E-state index contributed by atoms with van der Waals surface area (Å²) in [6.07, 6.45) is 8.67. The third kappa shape index (κ3) is 2.25. The minimum Gasteiger partial charge on any atom is -0.477 e. The van der Waals surface area contributed by atoms with Crippen LogP contribution in [-0.2, 0) is 0 Å². The Balaban J connectivity index is 1.91. The molecular weight excluding hydrogens is 262 g/mol. The van der Waals surface area contributed by atoms with Gasteiger partial charge in [-0.3, -0.25) is 0 Å². The highest BCUT2D eigenvalue weighted by Gasteiger charge is 2.06. The van der Waals surface area contributed by atoms with Crippen molar-refractivity contribution in [3.63, 3.8) is 0 Å². The lowest BCUT2D eigenvalue weighted by molar-refractivity contribution is 0.0702. The molecule has 1 N–H and O–H groups in total. The second-order valence-corrected chi connectivity index (χ2v) is 4.89. The number of nitrogens with zero attached hydrogens (tertiary/aromatic N) is 3. The summed E-state index contributed by atoms with van der Waals surface area (Å²) in [4.78, 5) is 15.0. The van der Waals surface area contributed by atoms with E-state index in [1.54, 1.807) is 16.8 Å². The van der Waals surface area contributed by atoms with E-state index in [2.05, 4.69) is 10.1 Å². The highest BCUT2D eigenvalue weighted by atomic mass is 32.1. The molecule has 0 bridgehead atoms. The lowest BCUT2D eigenvalue weighted by Gasteiger charge is -1.91. The molecule has 3 aromatic heterocycles. The van der Waals surface area contributed by atoms with Gasteiger partial charge < -0.3 is 5.11 Å². The zero-order chi connectivity index (χ0) is 13.2. The van der Waals surface area contributed by atoms with Gasteiger partial charge in [0.25, 0.3) is 0 Å². The van der Waals surface area contributed by atoms with Crippen LogP contribution in [0.2, 0.25) is 0 Å². The topological polar surface area (TPSA) is 67.5 Å². The first-order valence-electron chi connectivity index (χ1n) is 5.53. The molecule has 0 amide bonds. The number of carboxylic acids is 1. The van der Waals surface area contributed by atoms with E-state index in [9.17, 15) is 4.79 Å². The van der Waals surface area contributed by atoms with Gasteiger partial charge in [0.05, 0.1) is 17.9 Å². The lowest BCUT2D eigenvalue weighted by Crippen LogP contribution is -1.89. The number of thiazole rings is 1. The smallest absolute Gasteiger partial charge is 0.347 e. The Kier molecular flexibility index (Phi) is 2.85. The number of hydrogen-bond acceptors (Lipinski definition) is 4. The average Bonchev–Trinajstić information content (AvgIpc) is 3.03. The quantitative estimate of drug-likeness (QED) is 0.795. The summed E-state index contributed by atoms with van der Waals surface area (Å²) in [6.45, 7) is 0. The molecule has 94 valence electrons. The predicted octanol–water partition coefficient (Wildman–Crippen LogP) is 2.66. The zero-order valence-electron chi connectivity index (χ0n) is 9.72. The molecule has 0 saturated heterocycles. The van der Waals surface area contributed by atoms with E-state index in [0.29, 0.717) is 5.01 Å². The van der Waals surface area contributed by atoms with Crippen molar-refractivity contribution in [3.05, 3.63) is 52.2 Å². The van der Waals surface area contributed by atoms with Crippen LogP contribution in [0.1, 0.15) is 20.2 Å². The van der Waals surface area contributed by atoms with Crippen molar-refractivity contribution in [3.8, 4) is 0 Å². The molecule has 0 saturated carbocycles. The second-order valence-electron chi connectivity index (χ2n) is 3.83. The molecule has 0 spiro atoms. The van der Waals surface area contributed by atoms with E-state index in [1.165, 1.54) is 6.20 Å². The molecule has 0 aliphatic heterocycles. The number of carbonyl (C=O) groups is 1. The van der Waals surface area contributed by atoms with E-state index >= 15 is 0 Å². The Labute approximate surface area is 112 Å². The van der Waals surface area contributed by atoms with Gasteiger partial charge in [0, 0.05) is 11.8 Å². The molecule has 0 radical (unpaired) electrons. The fraction of sp³-hybridized carbons (Fsp3) is 0. The van der Waals surface area contributed by atoms with E-state index in [-0.39, 0.29) is 4.88 Å². The van der Waals surface area contributed by atoms with Gasteiger partial charge in [-0.2, -0.15) is 5.10 Å². The van der Waals surface area contributed by atoms with Crippen LogP contribution in [0.3, 0.4) is 0 Å². The molecule has 0 aliphatic rings. The van der Waals surface area contributed by atoms with Crippen LogP contribution in [0.15, 0.2) is 36.8 Å². The molecular formula is C13H9N3O2S. The number of fused-ring (bicyclic) bond motifs is 1. The maximum absolute atomic E-state index is 10.8. The Morgan fingerprint density at radius 2 is 2.21 bits per heavy atom. The maximum atomic E-state index is 10.8. The molecule has 19 heavy (non-hydrogen) atoms. The number of aromatic carboxylic acids is 1. The van der Waals surface area contributed by atoms with E-state index in [0.717, 1.165) is 22.4 Å². The van der Waals surface area contributed by atoms with Gasteiger partial charge in [-0.15, -0.1) is 11.3 Å². The van der Waals surface area contributed by atoms with Crippen LogP contribution in [-0.4, -0.2) is 25.7 Å². The first kappa shape index (κ1) is 11.6. The van der Waals surface area contributed by atoms with Crippen molar-refractivity contribution in [2.75, 3.05) is 0 Å². The first-order valence-corrected chi connectivity index (χ1v) is 6.35. The molecule has 3 rings (SSSR count). The standard InChI is InChI=1S/C13H9N3O2S/c17-13(18)11-8-14-12(19-11)5-4-9-7-15-16-6-2-1-3-10(9)16/h1-8H,(H,17,18)/b5-4+. The Hall–Kier alpha value is -2.47. The minimum absolute atomic E-state index is 0.236. The molecule has 0 atom stereocenters. The molecule has 6 heteroatoms. The van der Waals surface area contributed by atoms with Gasteiger partial charge in [0.15, 0.2) is 0 Å². The number of aromatic nitrogens is 3. The lowest BCUT2D eigenvalue weighted by atomic mass is 10.2. The number of hydrogen-bond donors (Lipinski definition) is 1. The van der Waals surface area contributed by atoms with Crippen LogP contribution >= 0.6 is 11.3 Å². The summed E-state index contributed by atoms with van der Waals surface area (Å²) < 4.78 is 1.78. The average molecular weight is 271 g/mol. The molecule has 5 nitrogen and oxygen atoms in total. The van der Waals surface area contributed by atoms with Crippen molar-refractivity contribution >= 4 is 35.0 Å². The largest absolute Gasteiger partial charge is 0.477 e. The normalized spacial score (nSPS) is 11.4. The fourth-order valence-corrected chi connectivity index (χ4v) is 2.37. The number of rotatable bonds is 3. The van der Waals surface area contributed by atoms with Crippen LogP contribution < -0.4 is 0 Å². The van der Waals surface area contributed by atoms with Crippen molar-refractivity contribution in [1.82, 2.24) is 14.6 Å². The summed E-state index contributed by atoms with van der Waals surface area (Å²) in [7, 11) is 0. The third-order valence-corrected chi connectivity index (χ3v) is 3.55. The van der Waals surface area contributed by atoms with Gasteiger partial charge >= 0.3 is 5.97 Å². The minimum atomic E-state index is -0.951. The van der Waals surface area contributed by atoms with Crippen LogP contribution in [0.4, 0.5) is 0 Å². The fourth-order valence-electron chi connectivity index (χ4n) is 1.71. The molecule has 0 aliphatic carbocycles. The van der Waals surface area contributed by atoms with Crippen molar-refractivity contribution in [2.24, 2.45) is 0 Å². The number of pyridine rings is 1. The van der Waals surface area contributed by atoms with Crippen LogP contribution in [0.25, 0.3) is 17.7 Å². The molecule has 3 heterocycles. The van der Waals surface area contributed by atoms with Gasteiger partial charge in [-0.25, -0.2) is 14.3 Å². The van der Waals surface area contributed by atoms with Crippen molar-refractivity contribution in [2.45, 2.75) is 0 Å². The van der Waals surface area contributed by atoms with Gasteiger partial charge in [0.1, 0.15) is 9.88 Å². The van der Waals surface area contributed by atoms with Crippen molar-refractivity contribution < 1.29 is 9.90 Å². The summed E-state index contributed by atoms with van der Waals surface area (Å²) in [5.74, 6) is -0.951. The summed E-state index contributed by atoms with van der Waals surface area (Å²) in [5.41, 5.74) is 1.96. The highest BCUT2D eigenvalue weighted by molar-refractivity contribution is 7.14. The van der Waals surface area contributed by atoms with E-state index < -0.39 is 5.97 Å². The SMILES string of the molecule is O=C(O)c1cnc(/C=C/c2cnn3ccccc23)s1. The molecule has 0 unspecified atom stereocenters. The summed E-state index contributed by atoms with van der Waals surface area (Å²) in [5, 5.41) is 13.7. The number of carboxylic acid groups (broad SMARTS) is 1. The molecule has 0 fully saturated rings. The highest BCUT2D eigenvalue weighted by Crippen LogP contribution is 2.17. The van der Waals surface area contributed by atoms with Crippen LogP contribution in [0.5, 0.6) is 0 Å². The molecule has 3 aromatic rings. The predicted molar refractivity (Wildman–Crippen MR) is 73.2 cm³/mol.